The highest BCUT2D eigenvalue weighted by Gasteiger charge is 2.26. The van der Waals surface area contributed by atoms with Crippen molar-refractivity contribution < 1.29 is 9.18 Å². The normalized spacial score (nSPS) is 14.2. The minimum absolute atomic E-state index is 0.196. The number of tetrazole rings is 1. The van der Waals surface area contributed by atoms with E-state index in [1.54, 1.807) is 0 Å². The Kier molecular flexibility index (Phi) is 7.39. The van der Waals surface area contributed by atoms with Gasteiger partial charge in [0.1, 0.15) is 0 Å². The Morgan fingerprint density at radius 1 is 1.05 bits per heavy atom. The molecule has 2 aromatic carbocycles. The number of halogens is 1. The van der Waals surface area contributed by atoms with E-state index in [0.29, 0.717) is 18.7 Å². The first-order chi connectivity index (χ1) is 18.1. The van der Waals surface area contributed by atoms with Crippen LogP contribution >= 0.6 is 0 Å². The third-order valence-electron chi connectivity index (χ3n) is 7.23. The Morgan fingerprint density at radius 3 is 2.46 bits per heavy atom. The third kappa shape index (κ3) is 5.16. The number of carbonyl (C=O) groups excluding carboxylic acids is 1. The average molecular weight is 503 g/mol. The molecule has 0 spiro atoms. The Balaban J connectivity index is 1.41. The van der Waals surface area contributed by atoms with E-state index < -0.39 is 17.5 Å². The highest BCUT2D eigenvalue weighted by molar-refractivity contribution is 5.80. The SMILES string of the molecule is CCCc1c(F)n(C(=O)CC2CCCCC2)c(=O)n1Cc1ccc(-c2ccccc2-c2nn[nH]n2)cc1. The van der Waals surface area contributed by atoms with Crippen LogP contribution in [0.3, 0.4) is 0 Å². The zero-order valence-corrected chi connectivity index (χ0v) is 21.0. The summed E-state index contributed by atoms with van der Waals surface area (Å²) in [4.78, 5) is 26.3. The first kappa shape index (κ1) is 24.8. The molecule has 0 unspecified atom stereocenters. The molecule has 1 N–H and O–H groups in total. The zero-order chi connectivity index (χ0) is 25.8. The van der Waals surface area contributed by atoms with Gasteiger partial charge < -0.3 is 0 Å². The van der Waals surface area contributed by atoms with Gasteiger partial charge in [-0.1, -0.05) is 81.1 Å². The number of hydrogen-bond acceptors (Lipinski definition) is 5. The van der Waals surface area contributed by atoms with Crippen LogP contribution in [0.1, 0.15) is 67.9 Å². The maximum absolute atomic E-state index is 15.4. The number of rotatable bonds is 8. The first-order valence-corrected chi connectivity index (χ1v) is 13.0. The summed E-state index contributed by atoms with van der Waals surface area (Å²) < 4.78 is 17.6. The van der Waals surface area contributed by atoms with Crippen molar-refractivity contribution in [2.75, 3.05) is 0 Å². The smallest absolute Gasteiger partial charge is 0.288 e. The molecule has 0 radical (unpaired) electrons. The van der Waals surface area contributed by atoms with Crippen molar-refractivity contribution in [3.63, 3.8) is 0 Å². The van der Waals surface area contributed by atoms with Gasteiger partial charge in [0.2, 0.25) is 17.7 Å². The standard InChI is InChI=1S/C28H31FN6O2/c1-2-8-24-26(29)35(25(36)17-19-9-4-3-5-10-19)28(37)34(24)18-20-13-15-21(16-14-20)22-11-6-7-12-23(22)27-30-32-33-31-27/h6-7,11-16,19H,2-5,8-10,17-18H2,1H3,(H,30,31,32,33). The third-order valence-corrected chi connectivity index (χ3v) is 7.23. The van der Waals surface area contributed by atoms with Crippen LogP contribution in [0.4, 0.5) is 4.39 Å². The minimum Gasteiger partial charge on any atom is -0.288 e. The summed E-state index contributed by atoms with van der Waals surface area (Å²) in [6.07, 6.45) is 6.57. The fourth-order valence-electron chi connectivity index (χ4n) is 5.32. The highest BCUT2D eigenvalue weighted by atomic mass is 19.1. The second-order valence-corrected chi connectivity index (χ2v) is 9.77. The number of hydrogen-bond donors (Lipinski definition) is 1. The topological polar surface area (TPSA) is 98.5 Å². The number of H-pyrrole nitrogens is 1. The maximum Gasteiger partial charge on any atom is 0.337 e. The van der Waals surface area contributed by atoms with Crippen molar-refractivity contribution in [3.05, 3.63) is 76.2 Å². The number of imidazole rings is 1. The lowest BCUT2D eigenvalue weighted by atomic mass is 9.87. The van der Waals surface area contributed by atoms with E-state index >= 15 is 4.39 Å². The fourth-order valence-corrected chi connectivity index (χ4v) is 5.32. The summed E-state index contributed by atoms with van der Waals surface area (Å²) >= 11 is 0. The molecule has 2 aromatic heterocycles. The van der Waals surface area contributed by atoms with Crippen LogP contribution in [0, 0.1) is 11.9 Å². The van der Waals surface area contributed by atoms with Crippen LogP contribution < -0.4 is 5.69 Å². The molecule has 1 fully saturated rings. The van der Waals surface area contributed by atoms with Gasteiger partial charge in [0.05, 0.1) is 12.2 Å². The summed E-state index contributed by atoms with van der Waals surface area (Å²) in [6, 6.07) is 15.5. The molecular weight excluding hydrogens is 471 g/mol. The number of aromatic amines is 1. The molecule has 0 saturated heterocycles. The van der Waals surface area contributed by atoms with E-state index in [1.807, 2.05) is 55.5 Å². The Labute approximate surface area is 214 Å². The quantitative estimate of drug-likeness (QED) is 0.355. The van der Waals surface area contributed by atoms with Crippen molar-refractivity contribution in [1.82, 2.24) is 29.8 Å². The number of nitrogens with zero attached hydrogens (tertiary/aromatic N) is 5. The first-order valence-electron chi connectivity index (χ1n) is 13.0. The van der Waals surface area contributed by atoms with E-state index in [0.717, 1.165) is 52.5 Å². The van der Waals surface area contributed by atoms with Crippen molar-refractivity contribution in [2.24, 2.45) is 5.92 Å². The number of aromatic nitrogens is 6. The summed E-state index contributed by atoms with van der Waals surface area (Å²) in [5.74, 6) is -0.407. The predicted octanol–water partition coefficient (Wildman–Crippen LogP) is 5.25. The molecule has 0 atom stereocenters. The lowest BCUT2D eigenvalue weighted by Crippen LogP contribution is -2.31. The van der Waals surface area contributed by atoms with Crippen LogP contribution in [0.15, 0.2) is 53.3 Å². The highest BCUT2D eigenvalue weighted by Crippen LogP contribution is 2.30. The van der Waals surface area contributed by atoms with Gasteiger partial charge in [0, 0.05) is 12.0 Å². The van der Waals surface area contributed by atoms with E-state index in [1.165, 1.54) is 11.0 Å². The number of nitrogens with one attached hydrogen (secondary N) is 1. The lowest BCUT2D eigenvalue weighted by molar-refractivity contribution is 0.0849. The van der Waals surface area contributed by atoms with Crippen LogP contribution in [-0.2, 0) is 13.0 Å². The molecule has 1 aliphatic carbocycles. The molecule has 192 valence electrons. The predicted molar refractivity (Wildman–Crippen MR) is 139 cm³/mol. The molecule has 2 heterocycles. The van der Waals surface area contributed by atoms with Crippen LogP contribution in [0.5, 0.6) is 0 Å². The second-order valence-electron chi connectivity index (χ2n) is 9.77. The van der Waals surface area contributed by atoms with Crippen LogP contribution in [0.2, 0.25) is 0 Å². The van der Waals surface area contributed by atoms with Gasteiger partial charge >= 0.3 is 5.69 Å². The van der Waals surface area contributed by atoms with Crippen molar-refractivity contribution >= 4 is 5.91 Å². The molecule has 5 rings (SSSR count). The van der Waals surface area contributed by atoms with E-state index in [4.69, 9.17) is 0 Å². The largest absolute Gasteiger partial charge is 0.337 e. The van der Waals surface area contributed by atoms with Crippen molar-refractivity contribution in [1.29, 1.82) is 0 Å². The summed E-state index contributed by atoms with van der Waals surface area (Å²) in [6.45, 7) is 2.13. The van der Waals surface area contributed by atoms with Gasteiger partial charge in [-0.2, -0.15) is 9.60 Å². The van der Waals surface area contributed by atoms with Gasteiger partial charge in [-0.15, -0.1) is 10.2 Å². The van der Waals surface area contributed by atoms with Crippen molar-refractivity contribution in [3.8, 4) is 22.5 Å². The molecule has 4 aromatic rings. The summed E-state index contributed by atoms with van der Waals surface area (Å²) in [5.41, 5.74) is 3.30. The van der Waals surface area contributed by atoms with Gasteiger partial charge in [0.25, 0.3) is 0 Å². The molecule has 1 saturated carbocycles. The number of carbonyl (C=O) groups is 1. The van der Waals surface area contributed by atoms with Gasteiger partial charge in [-0.25, -0.2) is 9.36 Å². The number of benzene rings is 2. The maximum atomic E-state index is 15.4. The Morgan fingerprint density at radius 2 is 1.78 bits per heavy atom. The van der Waals surface area contributed by atoms with E-state index in [2.05, 4.69) is 20.6 Å². The molecular formula is C28H31FN6O2. The second kappa shape index (κ2) is 11.0. The molecule has 0 amide bonds. The molecule has 9 heteroatoms. The molecule has 8 nitrogen and oxygen atoms in total. The van der Waals surface area contributed by atoms with Crippen molar-refractivity contribution in [2.45, 2.75) is 64.8 Å². The lowest BCUT2D eigenvalue weighted by Gasteiger charge is -2.20. The van der Waals surface area contributed by atoms with Crippen LogP contribution in [-0.4, -0.2) is 35.7 Å². The summed E-state index contributed by atoms with van der Waals surface area (Å²) in [5, 5.41) is 14.3. The monoisotopic (exact) mass is 502 g/mol. The minimum atomic E-state index is -0.710. The molecule has 0 bridgehead atoms. The van der Waals surface area contributed by atoms with E-state index in [9.17, 15) is 9.59 Å². The Hall–Kier alpha value is -3.88. The summed E-state index contributed by atoms with van der Waals surface area (Å²) in [7, 11) is 0. The van der Waals surface area contributed by atoms with Gasteiger partial charge in [-0.3, -0.25) is 9.36 Å². The molecule has 0 aliphatic heterocycles. The van der Waals surface area contributed by atoms with Gasteiger partial charge in [0.15, 0.2) is 0 Å². The zero-order valence-electron chi connectivity index (χ0n) is 21.0. The fraction of sp³-hybridized carbons (Fsp3) is 0.393. The van der Waals surface area contributed by atoms with Crippen LogP contribution in [0.25, 0.3) is 22.5 Å². The molecule has 1 aliphatic rings. The Bertz CT molecular complexity index is 1420. The average Bonchev–Trinajstić information content (AvgIpc) is 3.53. The molecule has 37 heavy (non-hydrogen) atoms. The van der Waals surface area contributed by atoms with E-state index in [-0.39, 0.29) is 24.6 Å². The van der Waals surface area contributed by atoms with Gasteiger partial charge in [-0.05, 0) is 47.1 Å².